The molecule has 0 aliphatic heterocycles. The predicted octanol–water partition coefficient (Wildman–Crippen LogP) is 1.18. The molecule has 21 heavy (non-hydrogen) atoms. The van der Waals surface area contributed by atoms with E-state index >= 15 is 0 Å². The van der Waals surface area contributed by atoms with Crippen LogP contribution in [0.4, 0.5) is 5.69 Å². The van der Waals surface area contributed by atoms with Gasteiger partial charge in [-0.3, -0.25) is 4.79 Å². The Labute approximate surface area is 128 Å². The molecule has 0 aliphatic carbocycles. The van der Waals surface area contributed by atoms with E-state index < -0.39 is 17.9 Å². The quantitative estimate of drug-likeness (QED) is 0.602. The first-order chi connectivity index (χ1) is 9.97. The summed E-state index contributed by atoms with van der Waals surface area (Å²) in [4.78, 5) is 29.9. The van der Waals surface area contributed by atoms with Crippen molar-refractivity contribution >= 4 is 33.5 Å². The second-order valence-electron chi connectivity index (χ2n) is 4.38. The number of hydrogen-bond acceptors (Lipinski definition) is 4. The van der Waals surface area contributed by atoms with Gasteiger partial charge in [-0.1, -0.05) is 0 Å². The molecule has 1 heterocycles. The molecule has 0 fully saturated rings. The fourth-order valence-electron chi connectivity index (χ4n) is 1.74. The molecule has 2 rings (SSSR count). The van der Waals surface area contributed by atoms with Gasteiger partial charge in [0.1, 0.15) is 6.04 Å². The highest BCUT2D eigenvalue weighted by molar-refractivity contribution is 9.10. The molecule has 0 aliphatic rings. The number of benzene rings is 1. The van der Waals surface area contributed by atoms with Gasteiger partial charge in [-0.25, -0.2) is 9.78 Å². The van der Waals surface area contributed by atoms with Gasteiger partial charge in [0.15, 0.2) is 0 Å². The first kappa shape index (κ1) is 15.0. The number of anilines is 1. The van der Waals surface area contributed by atoms with Crippen LogP contribution in [-0.4, -0.2) is 33.0 Å². The van der Waals surface area contributed by atoms with Crippen LogP contribution in [0.3, 0.4) is 0 Å². The molecule has 0 unspecified atom stereocenters. The summed E-state index contributed by atoms with van der Waals surface area (Å²) in [5.41, 5.74) is 7.03. The number of carbonyl (C=O) groups excluding carboxylic acids is 1. The lowest BCUT2D eigenvalue weighted by Crippen LogP contribution is -2.42. The molecule has 2 aromatic rings. The van der Waals surface area contributed by atoms with E-state index in [9.17, 15) is 14.7 Å². The smallest absolute Gasteiger partial charge is 0.326 e. The summed E-state index contributed by atoms with van der Waals surface area (Å²) in [6.07, 6.45) is 3.08. The van der Waals surface area contributed by atoms with Gasteiger partial charge < -0.3 is 21.1 Å². The molecule has 8 heteroatoms. The van der Waals surface area contributed by atoms with E-state index in [4.69, 9.17) is 5.73 Å². The lowest BCUT2D eigenvalue weighted by atomic mass is 10.1. The number of H-pyrrole nitrogens is 1. The minimum absolute atomic E-state index is 0.118. The normalized spacial score (nSPS) is 11.9. The number of carboxylic acids is 1. The van der Waals surface area contributed by atoms with Gasteiger partial charge in [-0.2, -0.15) is 0 Å². The molecule has 7 nitrogen and oxygen atoms in total. The highest BCUT2D eigenvalue weighted by atomic mass is 79.9. The standard InChI is InChI=1S/C13H13BrN4O3/c14-9-2-1-7(3-10(9)15)12(19)18-11(13(20)21)4-8-5-16-6-17-8/h1-3,5-6,11H,4,15H2,(H,16,17)(H,18,19)(H,20,21)/t11-/m0/s1. The molecule has 1 aromatic heterocycles. The van der Waals surface area contributed by atoms with Crippen molar-refractivity contribution in [3.8, 4) is 0 Å². The molecule has 110 valence electrons. The number of aromatic amines is 1. The number of nitrogens with zero attached hydrogens (tertiary/aromatic N) is 1. The molecule has 0 saturated carbocycles. The molecular weight excluding hydrogens is 340 g/mol. The number of amides is 1. The van der Waals surface area contributed by atoms with E-state index in [1.54, 1.807) is 12.1 Å². The van der Waals surface area contributed by atoms with Gasteiger partial charge in [-0.15, -0.1) is 0 Å². The fraction of sp³-hybridized carbons (Fsp3) is 0.154. The summed E-state index contributed by atoms with van der Waals surface area (Å²) in [5, 5.41) is 11.6. The van der Waals surface area contributed by atoms with Crippen molar-refractivity contribution < 1.29 is 14.7 Å². The van der Waals surface area contributed by atoms with Crippen LogP contribution in [0.2, 0.25) is 0 Å². The Morgan fingerprint density at radius 1 is 1.48 bits per heavy atom. The molecular formula is C13H13BrN4O3. The second-order valence-corrected chi connectivity index (χ2v) is 5.24. The first-order valence-electron chi connectivity index (χ1n) is 6.03. The maximum atomic E-state index is 12.1. The minimum Gasteiger partial charge on any atom is -0.480 e. The van der Waals surface area contributed by atoms with Crippen LogP contribution < -0.4 is 11.1 Å². The molecule has 1 amide bonds. The number of halogens is 1. The Bertz CT molecular complexity index is 657. The number of hydrogen-bond donors (Lipinski definition) is 4. The van der Waals surface area contributed by atoms with Crippen molar-refractivity contribution in [3.63, 3.8) is 0 Å². The van der Waals surface area contributed by atoms with Crippen molar-refractivity contribution in [2.24, 2.45) is 0 Å². The number of aliphatic carboxylic acids is 1. The largest absolute Gasteiger partial charge is 0.480 e. The van der Waals surface area contributed by atoms with E-state index in [1.165, 1.54) is 18.6 Å². The average molecular weight is 353 g/mol. The van der Waals surface area contributed by atoms with Crippen molar-refractivity contribution in [1.29, 1.82) is 0 Å². The monoisotopic (exact) mass is 352 g/mol. The molecule has 0 spiro atoms. The number of rotatable bonds is 5. The number of nitrogen functional groups attached to an aromatic ring is 1. The zero-order chi connectivity index (χ0) is 15.4. The van der Waals surface area contributed by atoms with Crippen LogP contribution >= 0.6 is 15.9 Å². The Hall–Kier alpha value is -2.35. The molecule has 1 atom stereocenters. The van der Waals surface area contributed by atoms with Crippen molar-refractivity contribution in [3.05, 3.63) is 46.5 Å². The van der Waals surface area contributed by atoms with Crippen LogP contribution in [0.25, 0.3) is 0 Å². The third-order valence-corrected chi connectivity index (χ3v) is 3.56. The zero-order valence-electron chi connectivity index (χ0n) is 10.8. The number of carbonyl (C=O) groups is 2. The van der Waals surface area contributed by atoms with Crippen molar-refractivity contribution in [1.82, 2.24) is 15.3 Å². The van der Waals surface area contributed by atoms with Gasteiger partial charge in [0.2, 0.25) is 0 Å². The van der Waals surface area contributed by atoms with E-state index in [1.807, 2.05) is 0 Å². The Morgan fingerprint density at radius 3 is 2.81 bits per heavy atom. The maximum absolute atomic E-state index is 12.1. The number of aromatic nitrogens is 2. The van der Waals surface area contributed by atoms with Gasteiger partial charge in [0, 0.05) is 34.0 Å². The summed E-state index contributed by atoms with van der Waals surface area (Å²) >= 11 is 3.23. The van der Waals surface area contributed by atoms with Gasteiger partial charge in [0.05, 0.1) is 6.33 Å². The van der Waals surface area contributed by atoms with Crippen LogP contribution in [0, 0.1) is 0 Å². The highest BCUT2D eigenvalue weighted by Crippen LogP contribution is 2.20. The second kappa shape index (κ2) is 6.40. The fourth-order valence-corrected chi connectivity index (χ4v) is 1.99. The minimum atomic E-state index is -1.12. The van der Waals surface area contributed by atoms with Crippen LogP contribution in [0.1, 0.15) is 16.1 Å². The van der Waals surface area contributed by atoms with Crippen molar-refractivity contribution in [2.75, 3.05) is 5.73 Å². The zero-order valence-corrected chi connectivity index (χ0v) is 12.4. The third-order valence-electron chi connectivity index (χ3n) is 2.84. The Morgan fingerprint density at radius 2 is 2.24 bits per heavy atom. The molecule has 0 saturated heterocycles. The number of nitrogens with one attached hydrogen (secondary N) is 2. The summed E-state index contributed by atoms with van der Waals surface area (Å²) in [7, 11) is 0. The predicted molar refractivity (Wildman–Crippen MR) is 79.7 cm³/mol. The van der Waals surface area contributed by atoms with Crippen LogP contribution in [0.15, 0.2) is 35.2 Å². The first-order valence-corrected chi connectivity index (χ1v) is 6.82. The van der Waals surface area contributed by atoms with Crippen LogP contribution in [0.5, 0.6) is 0 Å². The number of carboxylic acid groups (broad SMARTS) is 1. The topological polar surface area (TPSA) is 121 Å². The summed E-state index contributed by atoms with van der Waals surface area (Å²) in [6, 6.07) is 3.62. The van der Waals surface area contributed by atoms with Crippen molar-refractivity contribution in [2.45, 2.75) is 12.5 Å². The molecule has 0 bridgehead atoms. The van der Waals surface area contributed by atoms with E-state index in [0.29, 0.717) is 21.4 Å². The lowest BCUT2D eigenvalue weighted by molar-refractivity contribution is -0.139. The molecule has 1 aromatic carbocycles. The van der Waals surface area contributed by atoms with Gasteiger partial charge in [0.25, 0.3) is 5.91 Å². The summed E-state index contributed by atoms with van der Waals surface area (Å²) in [5.74, 6) is -1.62. The van der Waals surface area contributed by atoms with E-state index in [2.05, 4.69) is 31.2 Å². The van der Waals surface area contributed by atoms with E-state index in [-0.39, 0.29) is 6.42 Å². The Kier molecular flexibility index (Phi) is 4.59. The molecule has 5 N–H and O–H groups in total. The lowest BCUT2D eigenvalue weighted by Gasteiger charge is -2.14. The van der Waals surface area contributed by atoms with Gasteiger partial charge >= 0.3 is 5.97 Å². The van der Waals surface area contributed by atoms with E-state index in [0.717, 1.165) is 0 Å². The highest BCUT2D eigenvalue weighted by Gasteiger charge is 2.22. The summed E-state index contributed by atoms with van der Waals surface area (Å²) < 4.78 is 0.672. The number of nitrogens with two attached hydrogens (primary N) is 1. The molecule has 0 radical (unpaired) electrons. The average Bonchev–Trinajstić information content (AvgIpc) is 2.93. The SMILES string of the molecule is Nc1cc(C(=O)N[C@@H](Cc2cnc[nH]2)C(=O)O)ccc1Br. The van der Waals surface area contributed by atoms with Gasteiger partial charge in [-0.05, 0) is 34.1 Å². The number of imidazole rings is 1. The summed E-state index contributed by atoms with van der Waals surface area (Å²) in [6.45, 7) is 0. The Balaban J connectivity index is 2.10. The third kappa shape index (κ3) is 3.82. The van der Waals surface area contributed by atoms with Crippen LogP contribution in [-0.2, 0) is 11.2 Å². The maximum Gasteiger partial charge on any atom is 0.326 e.